The van der Waals surface area contributed by atoms with E-state index in [2.05, 4.69) is 104 Å². The normalized spacial score (nSPS) is 12.8. The van der Waals surface area contributed by atoms with Gasteiger partial charge in [-0.25, -0.2) is 0 Å². The van der Waals surface area contributed by atoms with Crippen LogP contribution in [0.1, 0.15) is 6.92 Å². The van der Waals surface area contributed by atoms with Crippen LogP contribution in [0.5, 0.6) is 0 Å². The molecule has 0 saturated heterocycles. The molecule has 4 N–H and O–H groups in total. The first kappa shape index (κ1) is 19.2. The van der Waals surface area contributed by atoms with Crippen molar-refractivity contribution in [3.63, 3.8) is 0 Å². The van der Waals surface area contributed by atoms with Gasteiger partial charge < -0.3 is 0 Å². The third-order valence-electron chi connectivity index (χ3n) is 6.16. The summed E-state index contributed by atoms with van der Waals surface area (Å²) in [6.45, 7) is -0.773. The molecular formula is C26H27N2P. The van der Waals surface area contributed by atoms with Crippen LogP contribution < -0.4 is 32.7 Å². The van der Waals surface area contributed by atoms with E-state index in [1.807, 2.05) is 12.1 Å². The molecular weight excluding hydrogens is 371 g/mol. The fourth-order valence-corrected chi connectivity index (χ4v) is 11.4. The zero-order valence-electron chi connectivity index (χ0n) is 16.7. The van der Waals surface area contributed by atoms with Gasteiger partial charge in [-0.2, -0.15) is 0 Å². The molecule has 0 bridgehead atoms. The van der Waals surface area contributed by atoms with Gasteiger partial charge in [0.15, 0.2) is 0 Å². The van der Waals surface area contributed by atoms with E-state index >= 15 is 0 Å². The Bertz CT molecular complexity index is 1030. The van der Waals surface area contributed by atoms with E-state index in [0.717, 1.165) is 17.5 Å². The molecule has 4 aromatic rings. The van der Waals surface area contributed by atoms with Crippen molar-refractivity contribution < 1.29 is 0 Å². The number of hydrogen-bond acceptors (Lipinski definition) is 2. The standard InChI is InChI=1S/C26H27N2P/c1-2-29(23-13-5-3-6-14-23,24-15-7-4-8-16-24,25-17-9-11-21(27)19-25)26-18-10-12-22(28)20-26/h3-20H,2,27-28H2,1H3. The van der Waals surface area contributed by atoms with Crippen LogP contribution in [0.4, 0.5) is 11.4 Å². The second-order valence-corrected chi connectivity index (χ2v) is 12.8. The molecule has 3 heteroatoms. The quantitative estimate of drug-likeness (QED) is 0.394. The average molecular weight is 398 g/mol. The third-order valence-corrected chi connectivity index (χ3v) is 13.1. The first-order valence-corrected chi connectivity index (χ1v) is 12.4. The number of nitrogen functional groups attached to an aromatic ring is 2. The summed E-state index contributed by atoms with van der Waals surface area (Å²) in [7, 11) is 0. The van der Waals surface area contributed by atoms with Crippen LogP contribution in [-0.2, 0) is 0 Å². The molecule has 0 spiro atoms. The topological polar surface area (TPSA) is 52.0 Å². The van der Waals surface area contributed by atoms with Crippen molar-refractivity contribution in [2.45, 2.75) is 6.92 Å². The maximum atomic E-state index is 6.33. The summed E-state index contributed by atoms with van der Waals surface area (Å²) in [5, 5.41) is 5.18. The Labute approximate surface area is 173 Å². The van der Waals surface area contributed by atoms with E-state index in [-0.39, 0.29) is 0 Å². The van der Waals surface area contributed by atoms with Gasteiger partial charge in [0.1, 0.15) is 0 Å². The molecule has 0 aliphatic carbocycles. The van der Waals surface area contributed by atoms with Gasteiger partial charge in [0, 0.05) is 0 Å². The zero-order valence-corrected chi connectivity index (χ0v) is 17.6. The Morgan fingerprint density at radius 2 is 0.897 bits per heavy atom. The molecule has 0 fully saturated rings. The zero-order chi connectivity index (χ0) is 20.3. The van der Waals surface area contributed by atoms with Gasteiger partial charge in [-0.1, -0.05) is 0 Å². The second-order valence-electron chi connectivity index (χ2n) is 7.48. The summed E-state index contributed by atoms with van der Waals surface area (Å²) in [5.74, 6) is 0. The van der Waals surface area contributed by atoms with E-state index in [9.17, 15) is 0 Å². The Morgan fingerprint density at radius 3 is 1.24 bits per heavy atom. The number of anilines is 2. The van der Waals surface area contributed by atoms with Gasteiger partial charge in [0.05, 0.1) is 0 Å². The van der Waals surface area contributed by atoms with E-state index in [0.29, 0.717) is 0 Å². The van der Waals surface area contributed by atoms with E-state index in [4.69, 9.17) is 11.5 Å². The summed E-state index contributed by atoms with van der Waals surface area (Å²) in [5.41, 5.74) is 14.2. The molecule has 0 aromatic heterocycles. The number of benzene rings is 4. The minimum atomic E-state index is -3.07. The number of nitrogens with two attached hydrogens (primary N) is 2. The van der Waals surface area contributed by atoms with Crippen LogP contribution >= 0.6 is 6.60 Å². The van der Waals surface area contributed by atoms with Gasteiger partial charge in [-0.3, -0.25) is 0 Å². The predicted molar refractivity (Wildman–Crippen MR) is 131 cm³/mol. The van der Waals surface area contributed by atoms with Crippen molar-refractivity contribution in [2.75, 3.05) is 17.6 Å². The summed E-state index contributed by atoms with van der Waals surface area (Å²) in [4.78, 5) is 0. The van der Waals surface area contributed by atoms with Crippen LogP contribution in [0.25, 0.3) is 0 Å². The molecule has 4 aromatic carbocycles. The van der Waals surface area contributed by atoms with Gasteiger partial charge in [-0.15, -0.1) is 0 Å². The summed E-state index contributed by atoms with van der Waals surface area (Å²) < 4.78 is 0. The fourth-order valence-electron chi connectivity index (χ4n) is 4.80. The summed E-state index contributed by atoms with van der Waals surface area (Å²) in [6.07, 6.45) is 0.937. The van der Waals surface area contributed by atoms with Crippen LogP contribution in [0.15, 0.2) is 109 Å². The summed E-state index contributed by atoms with van der Waals surface area (Å²) >= 11 is 0. The molecule has 2 nitrogen and oxygen atoms in total. The van der Waals surface area contributed by atoms with Crippen molar-refractivity contribution in [1.82, 2.24) is 0 Å². The predicted octanol–water partition coefficient (Wildman–Crippen LogP) is 4.03. The van der Waals surface area contributed by atoms with Gasteiger partial charge in [-0.05, 0) is 0 Å². The molecule has 0 aliphatic heterocycles. The van der Waals surface area contributed by atoms with Crippen molar-refractivity contribution in [3.8, 4) is 0 Å². The Kier molecular flexibility index (Phi) is 4.90. The Morgan fingerprint density at radius 1 is 0.517 bits per heavy atom. The molecule has 0 heterocycles. The molecule has 4 rings (SSSR count). The molecule has 0 unspecified atom stereocenters. The monoisotopic (exact) mass is 398 g/mol. The van der Waals surface area contributed by atoms with Gasteiger partial charge in [0.2, 0.25) is 0 Å². The van der Waals surface area contributed by atoms with E-state index in [1.54, 1.807) is 0 Å². The van der Waals surface area contributed by atoms with Crippen LogP contribution in [0.3, 0.4) is 0 Å². The molecule has 0 amide bonds. The molecule has 0 saturated carbocycles. The SMILES string of the molecule is CCP(c1ccccc1)(c1ccccc1)(c1cccc(N)c1)c1cccc(N)c1. The Hall–Kier alpha value is -3.09. The average Bonchev–Trinajstić information content (AvgIpc) is 2.77. The van der Waals surface area contributed by atoms with E-state index in [1.165, 1.54) is 21.2 Å². The second kappa shape index (κ2) is 7.39. The van der Waals surface area contributed by atoms with Crippen LogP contribution in [0, 0.1) is 0 Å². The van der Waals surface area contributed by atoms with Crippen LogP contribution in [0.2, 0.25) is 0 Å². The van der Waals surface area contributed by atoms with E-state index < -0.39 is 6.60 Å². The molecule has 0 aliphatic rings. The maximum absolute atomic E-state index is 6.33. The minimum absolute atomic E-state index is 0.778. The first-order chi connectivity index (χ1) is 14.1. The molecule has 146 valence electrons. The number of hydrogen-bond donors (Lipinski definition) is 2. The molecule has 0 atom stereocenters. The molecule has 29 heavy (non-hydrogen) atoms. The molecule has 0 radical (unpaired) electrons. The van der Waals surface area contributed by atoms with Gasteiger partial charge >= 0.3 is 173 Å². The van der Waals surface area contributed by atoms with Crippen molar-refractivity contribution in [3.05, 3.63) is 109 Å². The van der Waals surface area contributed by atoms with Gasteiger partial charge in [0.25, 0.3) is 0 Å². The third kappa shape index (κ3) is 2.75. The fraction of sp³-hybridized carbons (Fsp3) is 0.0769. The number of rotatable bonds is 5. The van der Waals surface area contributed by atoms with Crippen LogP contribution in [-0.4, -0.2) is 6.16 Å². The van der Waals surface area contributed by atoms with Crippen molar-refractivity contribution in [2.24, 2.45) is 0 Å². The Balaban J connectivity index is 2.30. The summed E-state index contributed by atoms with van der Waals surface area (Å²) in [6, 6.07) is 38.6. The first-order valence-electron chi connectivity index (χ1n) is 9.96. The van der Waals surface area contributed by atoms with Crippen molar-refractivity contribution >= 4 is 39.2 Å². The van der Waals surface area contributed by atoms with Crippen molar-refractivity contribution in [1.29, 1.82) is 0 Å².